The highest BCUT2D eigenvalue weighted by atomic mass is 32.2. The van der Waals surface area contributed by atoms with Gasteiger partial charge in [0, 0.05) is 0 Å². The van der Waals surface area contributed by atoms with E-state index < -0.39 is 11.0 Å². The molecule has 0 fully saturated rings. The van der Waals surface area contributed by atoms with Crippen molar-refractivity contribution in [2.45, 2.75) is 51.8 Å². The van der Waals surface area contributed by atoms with Crippen molar-refractivity contribution in [1.82, 2.24) is 0 Å². The number of rotatable bonds is 5. The number of nitrogens with one attached hydrogen (secondary N) is 1. The van der Waals surface area contributed by atoms with E-state index in [4.69, 9.17) is 9.73 Å². The Morgan fingerprint density at radius 1 is 1.41 bits per heavy atom. The SMILES string of the molecule is CCC(C)[C@H]1COC(c2ccccc2N[S@@](=O)C(C)(C)C)=N1. The molecule has 122 valence electrons. The molecule has 1 heterocycles. The Hall–Kier alpha value is -1.36. The molecule has 1 aromatic rings. The fraction of sp³-hybridized carbons (Fsp3) is 0.588. The van der Waals surface area contributed by atoms with Crippen LogP contribution >= 0.6 is 0 Å². The van der Waals surface area contributed by atoms with Crippen molar-refractivity contribution in [3.05, 3.63) is 29.8 Å². The van der Waals surface area contributed by atoms with Gasteiger partial charge >= 0.3 is 0 Å². The molecule has 22 heavy (non-hydrogen) atoms. The Labute approximate surface area is 136 Å². The van der Waals surface area contributed by atoms with Crippen LogP contribution in [0.15, 0.2) is 29.3 Å². The average molecular weight is 322 g/mol. The molecule has 0 amide bonds. The van der Waals surface area contributed by atoms with Crippen LogP contribution in [0.25, 0.3) is 0 Å². The van der Waals surface area contributed by atoms with E-state index in [1.165, 1.54) is 0 Å². The van der Waals surface area contributed by atoms with Gasteiger partial charge < -0.3 is 9.46 Å². The van der Waals surface area contributed by atoms with Crippen LogP contribution in [-0.4, -0.2) is 27.5 Å². The number of anilines is 1. The molecule has 5 heteroatoms. The standard InChI is InChI=1S/C17H26N2O2S/c1-6-12(2)15-11-21-16(18-15)13-9-7-8-10-14(13)19-22(20)17(3,4)5/h7-10,12,15,19H,6,11H2,1-5H3/t12?,15-,22+/m1/s1. The summed E-state index contributed by atoms with van der Waals surface area (Å²) in [5.74, 6) is 1.15. The minimum atomic E-state index is -1.18. The lowest BCUT2D eigenvalue weighted by Gasteiger charge is -2.20. The lowest BCUT2D eigenvalue weighted by Crippen LogP contribution is -2.28. The van der Waals surface area contributed by atoms with Crippen LogP contribution < -0.4 is 4.72 Å². The molecule has 1 aliphatic heterocycles. The zero-order chi connectivity index (χ0) is 16.3. The summed E-state index contributed by atoms with van der Waals surface area (Å²) in [7, 11) is -1.18. The molecule has 2 rings (SSSR count). The van der Waals surface area contributed by atoms with Gasteiger partial charge in [-0.2, -0.15) is 0 Å². The minimum absolute atomic E-state index is 0.209. The molecule has 3 atom stereocenters. The second-order valence-corrected chi connectivity index (χ2v) is 8.69. The molecule has 1 aliphatic rings. The van der Waals surface area contributed by atoms with Crippen molar-refractivity contribution in [3.8, 4) is 0 Å². The van der Waals surface area contributed by atoms with Gasteiger partial charge in [-0.25, -0.2) is 9.20 Å². The van der Waals surface area contributed by atoms with Gasteiger partial charge in [-0.15, -0.1) is 0 Å². The van der Waals surface area contributed by atoms with Gasteiger partial charge in [0.2, 0.25) is 5.90 Å². The van der Waals surface area contributed by atoms with Gasteiger partial charge in [-0.05, 0) is 38.8 Å². The molecule has 0 bridgehead atoms. The first-order valence-corrected chi connectivity index (χ1v) is 8.96. The Morgan fingerprint density at radius 2 is 2.09 bits per heavy atom. The molecule has 1 unspecified atom stereocenters. The smallest absolute Gasteiger partial charge is 0.218 e. The monoisotopic (exact) mass is 322 g/mol. The Morgan fingerprint density at radius 3 is 2.73 bits per heavy atom. The number of nitrogens with zero attached hydrogens (tertiary/aromatic N) is 1. The van der Waals surface area contributed by atoms with Crippen molar-refractivity contribution in [2.75, 3.05) is 11.3 Å². The first-order valence-electron chi connectivity index (χ1n) is 7.81. The predicted molar refractivity (Wildman–Crippen MR) is 93.7 cm³/mol. The van der Waals surface area contributed by atoms with Crippen LogP contribution in [0.4, 0.5) is 5.69 Å². The molecular weight excluding hydrogens is 296 g/mol. The van der Waals surface area contributed by atoms with E-state index in [0.717, 1.165) is 17.7 Å². The molecular formula is C17H26N2O2S. The molecule has 4 nitrogen and oxygen atoms in total. The van der Waals surface area contributed by atoms with Gasteiger partial charge in [-0.3, -0.25) is 0 Å². The highest BCUT2D eigenvalue weighted by Gasteiger charge is 2.27. The summed E-state index contributed by atoms with van der Waals surface area (Å²) in [6.45, 7) is 10.8. The third-order valence-electron chi connectivity index (χ3n) is 3.89. The maximum atomic E-state index is 12.3. The Balaban J connectivity index is 2.24. The average Bonchev–Trinajstić information content (AvgIpc) is 2.95. The fourth-order valence-corrected chi connectivity index (χ4v) is 2.80. The molecule has 0 aliphatic carbocycles. The zero-order valence-electron chi connectivity index (χ0n) is 14.1. The maximum absolute atomic E-state index is 12.3. The van der Waals surface area contributed by atoms with E-state index in [9.17, 15) is 4.21 Å². The molecule has 0 aromatic heterocycles. The molecule has 1 aromatic carbocycles. The van der Waals surface area contributed by atoms with Crippen LogP contribution in [0.5, 0.6) is 0 Å². The van der Waals surface area contributed by atoms with Crippen LogP contribution in [-0.2, 0) is 15.7 Å². The highest BCUT2D eigenvalue weighted by Crippen LogP contribution is 2.25. The van der Waals surface area contributed by atoms with E-state index in [1.807, 2.05) is 45.0 Å². The quantitative estimate of drug-likeness (QED) is 0.897. The highest BCUT2D eigenvalue weighted by molar-refractivity contribution is 7.87. The van der Waals surface area contributed by atoms with Crippen molar-refractivity contribution in [2.24, 2.45) is 10.9 Å². The van der Waals surface area contributed by atoms with Crippen LogP contribution in [0, 0.1) is 5.92 Å². The molecule has 0 saturated heterocycles. The second-order valence-electron chi connectivity index (χ2n) is 6.73. The van der Waals surface area contributed by atoms with E-state index in [1.54, 1.807) is 0 Å². The van der Waals surface area contributed by atoms with Gasteiger partial charge in [0.05, 0.1) is 22.0 Å². The summed E-state index contributed by atoms with van der Waals surface area (Å²) in [6, 6.07) is 7.96. The number of ether oxygens (including phenoxy) is 1. The third kappa shape index (κ3) is 3.88. The number of para-hydroxylation sites is 1. The topological polar surface area (TPSA) is 50.7 Å². The van der Waals surface area contributed by atoms with E-state index >= 15 is 0 Å². The molecule has 0 spiro atoms. The largest absolute Gasteiger partial charge is 0.475 e. The van der Waals surface area contributed by atoms with Crippen molar-refractivity contribution >= 4 is 22.6 Å². The summed E-state index contributed by atoms with van der Waals surface area (Å²) in [4.78, 5) is 4.71. The van der Waals surface area contributed by atoms with Crippen molar-refractivity contribution in [3.63, 3.8) is 0 Å². The molecule has 1 N–H and O–H groups in total. The van der Waals surface area contributed by atoms with Crippen LogP contribution in [0.2, 0.25) is 0 Å². The number of benzene rings is 1. The summed E-state index contributed by atoms with van der Waals surface area (Å²) in [5, 5.41) is 0. The van der Waals surface area contributed by atoms with Crippen LogP contribution in [0.1, 0.15) is 46.6 Å². The Kier molecular flexibility index (Phi) is 5.27. The lowest BCUT2D eigenvalue weighted by atomic mass is 10.0. The fourth-order valence-electron chi connectivity index (χ4n) is 2.11. The molecule has 0 saturated carbocycles. The summed E-state index contributed by atoms with van der Waals surface area (Å²) in [5.41, 5.74) is 1.69. The van der Waals surface area contributed by atoms with E-state index in [0.29, 0.717) is 18.4 Å². The van der Waals surface area contributed by atoms with Gasteiger partial charge in [0.25, 0.3) is 0 Å². The first-order chi connectivity index (χ1) is 10.3. The number of hydrogen-bond donors (Lipinski definition) is 1. The zero-order valence-corrected chi connectivity index (χ0v) is 14.9. The second kappa shape index (κ2) is 6.82. The summed E-state index contributed by atoms with van der Waals surface area (Å²) < 4.78 is 20.9. The third-order valence-corrected chi connectivity index (χ3v) is 5.41. The number of aliphatic imine (C=N–C) groups is 1. The minimum Gasteiger partial charge on any atom is -0.475 e. The number of hydrogen-bond acceptors (Lipinski definition) is 3. The normalized spacial score (nSPS) is 21.0. The predicted octanol–water partition coefficient (Wildman–Crippen LogP) is 3.75. The molecule has 0 radical (unpaired) electrons. The van der Waals surface area contributed by atoms with E-state index in [2.05, 4.69) is 18.6 Å². The van der Waals surface area contributed by atoms with Gasteiger partial charge in [0.1, 0.15) is 17.6 Å². The Bertz CT molecular complexity index is 578. The van der Waals surface area contributed by atoms with E-state index in [-0.39, 0.29) is 10.8 Å². The van der Waals surface area contributed by atoms with Crippen LogP contribution in [0.3, 0.4) is 0 Å². The van der Waals surface area contributed by atoms with Crippen molar-refractivity contribution < 1.29 is 8.95 Å². The summed E-state index contributed by atoms with van der Waals surface area (Å²) in [6.07, 6.45) is 1.08. The van der Waals surface area contributed by atoms with Gasteiger partial charge in [-0.1, -0.05) is 32.4 Å². The lowest BCUT2D eigenvalue weighted by molar-refractivity contribution is 0.282. The first kappa shape index (κ1) is 17.0. The van der Waals surface area contributed by atoms with Crippen molar-refractivity contribution in [1.29, 1.82) is 0 Å². The summed E-state index contributed by atoms with van der Waals surface area (Å²) >= 11 is 0. The van der Waals surface area contributed by atoms with Gasteiger partial charge in [0.15, 0.2) is 0 Å². The maximum Gasteiger partial charge on any atom is 0.218 e.